The van der Waals surface area contributed by atoms with Crippen molar-refractivity contribution in [2.24, 2.45) is 11.3 Å². The van der Waals surface area contributed by atoms with E-state index in [0.29, 0.717) is 18.0 Å². The number of nitrogens with one attached hydrogen (secondary N) is 1. The molecule has 0 aromatic carbocycles. The van der Waals surface area contributed by atoms with E-state index < -0.39 is 0 Å². The van der Waals surface area contributed by atoms with Crippen LogP contribution < -0.4 is 10.2 Å². The first-order valence-electron chi connectivity index (χ1n) is 10.9. The SMILES string of the molecule is CC(C)(C)C1CCc2c(sc(NC(=O)CN3CCN(c4ncccn4)CC3)c2C#N)C1. The number of hydrogen-bond acceptors (Lipinski definition) is 7. The highest BCUT2D eigenvalue weighted by molar-refractivity contribution is 7.16. The Balaban J connectivity index is 1.35. The number of nitriles is 1. The molecule has 0 bridgehead atoms. The number of thiophene rings is 1. The Labute approximate surface area is 188 Å². The highest BCUT2D eigenvalue weighted by Gasteiger charge is 2.32. The van der Waals surface area contributed by atoms with Crippen molar-refractivity contribution in [3.63, 3.8) is 0 Å². The number of fused-ring (bicyclic) bond motifs is 1. The minimum absolute atomic E-state index is 0.0492. The van der Waals surface area contributed by atoms with Crippen molar-refractivity contribution < 1.29 is 4.79 Å². The van der Waals surface area contributed by atoms with E-state index in [2.05, 4.69) is 51.9 Å². The molecule has 1 N–H and O–H groups in total. The predicted octanol–water partition coefficient (Wildman–Crippen LogP) is 3.32. The molecule has 4 rings (SSSR count). The first-order valence-corrected chi connectivity index (χ1v) is 11.8. The summed E-state index contributed by atoms with van der Waals surface area (Å²) in [7, 11) is 0. The summed E-state index contributed by atoms with van der Waals surface area (Å²) < 4.78 is 0. The molecular weight excluding hydrogens is 408 g/mol. The van der Waals surface area contributed by atoms with Crippen LogP contribution in [0.5, 0.6) is 0 Å². The minimum Gasteiger partial charge on any atom is -0.338 e. The van der Waals surface area contributed by atoms with Crippen LogP contribution in [0.15, 0.2) is 18.5 Å². The molecule has 31 heavy (non-hydrogen) atoms. The number of aromatic nitrogens is 2. The zero-order valence-electron chi connectivity index (χ0n) is 18.5. The van der Waals surface area contributed by atoms with Crippen LogP contribution in [0.1, 0.15) is 43.2 Å². The van der Waals surface area contributed by atoms with E-state index in [1.165, 1.54) is 4.88 Å². The molecule has 0 spiro atoms. The first kappa shape index (κ1) is 21.7. The van der Waals surface area contributed by atoms with Crippen LogP contribution in [0.25, 0.3) is 0 Å². The Morgan fingerprint density at radius 3 is 2.61 bits per heavy atom. The van der Waals surface area contributed by atoms with Gasteiger partial charge in [-0.05, 0) is 42.2 Å². The second-order valence-corrected chi connectivity index (χ2v) is 10.6. The molecular formula is C23H30N6OS. The summed E-state index contributed by atoms with van der Waals surface area (Å²) in [6.45, 7) is 10.3. The van der Waals surface area contributed by atoms with E-state index in [1.807, 2.05) is 6.07 Å². The van der Waals surface area contributed by atoms with Crippen LogP contribution in [0.4, 0.5) is 10.9 Å². The van der Waals surface area contributed by atoms with Crippen molar-refractivity contribution in [2.75, 3.05) is 42.9 Å². The largest absolute Gasteiger partial charge is 0.338 e. The smallest absolute Gasteiger partial charge is 0.239 e. The van der Waals surface area contributed by atoms with Gasteiger partial charge >= 0.3 is 0 Å². The lowest BCUT2D eigenvalue weighted by Crippen LogP contribution is -2.49. The molecule has 8 heteroatoms. The van der Waals surface area contributed by atoms with Gasteiger partial charge < -0.3 is 10.2 Å². The average Bonchev–Trinajstić information content (AvgIpc) is 3.10. The fourth-order valence-electron chi connectivity index (χ4n) is 4.46. The lowest BCUT2D eigenvalue weighted by Gasteiger charge is -2.34. The molecule has 164 valence electrons. The highest BCUT2D eigenvalue weighted by atomic mass is 32.1. The number of anilines is 2. The summed E-state index contributed by atoms with van der Waals surface area (Å²) in [5, 5.41) is 13.5. The summed E-state index contributed by atoms with van der Waals surface area (Å²) >= 11 is 1.60. The molecule has 1 amide bonds. The standard InChI is InChI=1S/C23H30N6OS/c1-23(2,3)16-5-6-17-18(14-24)21(31-19(17)13-16)27-20(30)15-28-9-11-29(12-10-28)22-25-7-4-8-26-22/h4,7-8,16H,5-6,9-13,15H2,1-3H3,(H,27,30). The van der Waals surface area contributed by atoms with Gasteiger partial charge in [0.15, 0.2) is 0 Å². The Bertz CT molecular complexity index is 966. The molecule has 1 aliphatic carbocycles. The van der Waals surface area contributed by atoms with Gasteiger partial charge in [-0.1, -0.05) is 20.8 Å². The van der Waals surface area contributed by atoms with Crippen LogP contribution in [0.3, 0.4) is 0 Å². The third-order valence-corrected chi connectivity index (χ3v) is 7.60. The summed E-state index contributed by atoms with van der Waals surface area (Å²) in [5.74, 6) is 1.30. The molecule has 1 aliphatic heterocycles. The molecule has 0 radical (unpaired) electrons. The molecule has 2 aromatic heterocycles. The molecule has 1 saturated heterocycles. The summed E-state index contributed by atoms with van der Waals surface area (Å²) in [4.78, 5) is 26.9. The van der Waals surface area contributed by atoms with Crippen LogP contribution >= 0.6 is 11.3 Å². The number of piperazine rings is 1. The lowest BCUT2D eigenvalue weighted by atomic mass is 9.72. The summed E-state index contributed by atoms with van der Waals surface area (Å²) in [6, 6.07) is 4.16. The average molecular weight is 439 g/mol. The Hall–Kier alpha value is -2.50. The maximum atomic E-state index is 12.7. The zero-order chi connectivity index (χ0) is 22.0. The van der Waals surface area contributed by atoms with Crippen molar-refractivity contribution >= 4 is 28.2 Å². The Morgan fingerprint density at radius 1 is 1.26 bits per heavy atom. The van der Waals surface area contributed by atoms with Crippen LogP contribution in [-0.4, -0.2) is 53.5 Å². The van der Waals surface area contributed by atoms with Crippen molar-refractivity contribution in [2.45, 2.75) is 40.0 Å². The summed E-state index contributed by atoms with van der Waals surface area (Å²) in [5.41, 5.74) is 2.08. The molecule has 1 atom stereocenters. The molecule has 2 aromatic rings. The quantitative estimate of drug-likeness (QED) is 0.788. The van der Waals surface area contributed by atoms with Gasteiger partial charge in [-0.25, -0.2) is 9.97 Å². The minimum atomic E-state index is -0.0492. The van der Waals surface area contributed by atoms with Crippen molar-refractivity contribution in [3.8, 4) is 6.07 Å². The maximum absolute atomic E-state index is 12.7. The second-order valence-electron chi connectivity index (χ2n) is 9.49. The van der Waals surface area contributed by atoms with Gasteiger partial charge in [0.1, 0.15) is 11.1 Å². The third-order valence-electron chi connectivity index (χ3n) is 6.43. The molecule has 1 fully saturated rings. The van der Waals surface area contributed by atoms with E-state index >= 15 is 0 Å². The van der Waals surface area contributed by atoms with Gasteiger partial charge in [-0.2, -0.15) is 5.26 Å². The topological polar surface area (TPSA) is 85.2 Å². The van der Waals surface area contributed by atoms with E-state index in [9.17, 15) is 10.1 Å². The van der Waals surface area contributed by atoms with Gasteiger partial charge in [-0.15, -0.1) is 11.3 Å². The van der Waals surface area contributed by atoms with E-state index in [1.54, 1.807) is 23.7 Å². The Kier molecular flexibility index (Phi) is 6.26. The molecule has 0 saturated carbocycles. The summed E-state index contributed by atoms with van der Waals surface area (Å²) in [6.07, 6.45) is 6.52. The number of amides is 1. The molecule has 3 heterocycles. The highest BCUT2D eigenvalue weighted by Crippen LogP contribution is 2.43. The van der Waals surface area contributed by atoms with Gasteiger partial charge in [0.2, 0.25) is 11.9 Å². The van der Waals surface area contributed by atoms with Crippen molar-refractivity contribution in [1.82, 2.24) is 14.9 Å². The van der Waals surface area contributed by atoms with Gasteiger partial charge in [-0.3, -0.25) is 9.69 Å². The monoisotopic (exact) mass is 438 g/mol. The number of nitrogens with zero attached hydrogens (tertiary/aromatic N) is 5. The maximum Gasteiger partial charge on any atom is 0.239 e. The van der Waals surface area contributed by atoms with Crippen LogP contribution in [0.2, 0.25) is 0 Å². The fraction of sp³-hybridized carbons (Fsp3) is 0.565. The van der Waals surface area contributed by atoms with Crippen molar-refractivity contribution in [1.29, 1.82) is 5.26 Å². The fourth-order valence-corrected chi connectivity index (χ4v) is 5.76. The van der Waals surface area contributed by atoms with Gasteiger partial charge in [0.05, 0.1) is 12.1 Å². The molecule has 7 nitrogen and oxygen atoms in total. The van der Waals surface area contributed by atoms with Gasteiger partial charge in [0, 0.05) is 43.4 Å². The molecule has 2 aliphatic rings. The Morgan fingerprint density at radius 2 is 1.97 bits per heavy atom. The first-order chi connectivity index (χ1) is 14.8. The van der Waals surface area contributed by atoms with E-state index in [-0.39, 0.29) is 11.3 Å². The number of rotatable bonds is 4. The van der Waals surface area contributed by atoms with Gasteiger partial charge in [0.25, 0.3) is 0 Å². The van der Waals surface area contributed by atoms with Crippen LogP contribution in [-0.2, 0) is 17.6 Å². The number of hydrogen-bond donors (Lipinski definition) is 1. The van der Waals surface area contributed by atoms with Crippen molar-refractivity contribution in [3.05, 3.63) is 34.5 Å². The van der Waals surface area contributed by atoms with Crippen LogP contribution in [0, 0.1) is 22.7 Å². The predicted molar refractivity (Wildman–Crippen MR) is 123 cm³/mol. The second kappa shape index (κ2) is 8.93. The molecule has 1 unspecified atom stereocenters. The number of carbonyl (C=O) groups is 1. The van der Waals surface area contributed by atoms with E-state index in [4.69, 9.17) is 0 Å². The zero-order valence-corrected chi connectivity index (χ0v) is 19.3. The third kappa shape index (κ3) is 4.89. The number of carbonyl (C=O) groups excluding carboxylic acids is 1. The lowest BCUT2D eigenvalue weighted by molar-refractivity contribution is -0.117. The van der Waals surface area contributed by atoms with E-state index in [0.717, 1.165) is 62.0 Å². The normalized spacial score (nSPS) is 19.5.